The molecule has 10 heteroatoms. The summed E-state index contributed by atoms with van der Waals surface area (Å²) in [4.78, 5) is 11.5. The molecule has 0 unspecified atom stereocenters. The topological polar surface area (TPSA) is 130 Å². The van der Waals surface area contributed by atoms with E-state index in [1.165, 1.54) is 36.4 Å². The van der Waals surface area contributed by atoms with Crippen LogP contribution in [0.5, 0.6) is 0 Å². The van der Waals surface area contributed by atoms with Crippen LogP contribution in [0.25, 0.3) is 0 Å². The summed E-state index contributed by atoms with van der Waals surface area (Å²) in [5.74, 6) is 0. The molecular formula is C16H18N2O6S2. The van der Waals surface area contributed by atoms with Gasteiger partial charge >= 0.3 is 6.03 Å². The van der Waals surface area contributed by atoms with Gasteiger partial charge in [-0.15, -0.1) is 0 Å². The molecule has 0 atom stereocenters. The lowest BCUT2D eigenvalue weighted by Crippen LogP contribution is -2.40. The van der Waals surface area contributed by atoms with Gasteiger partial charge in [-0.05, 0) is 43.2 Å². The molecule has 0 spiro atoms. The van der Waals surface area contributed by atoms with E-state index in [0.717, 1.165) is 5.56 Å². The molecule has 0 saturated heterocycles. The van der Waals surface area contributed by atoms with Crippen molar-refractivity contribution in [1.82, 2.24) is 10.0 Å². The molecule has 2 aromatic carbocycles. The monoisotopic (exact) mass is 398 g/mol. The Labute approximate surface area is 152 Å². The van der Waals surface area contributed by atoms with Crippen LogP contribution in [0.15, 0.2) is 58.3 Å². The summed E-state index contributed by atoms with van der Waals surface area (Å²) in [5, 5.41) is 2.42. The summed E-state index contributed by atoms with van der Waals surface area (Å²) >= 11 is 0. The van der Waals surface area contributed by atoms with E-state index in [2.05, 4.69) is 5.32 Å². The van der Waals surface area contributed by atoms with Crippen LogP contribution in [0.1, 0.15) is 11.1 Å². The second-order valence-corrected chi connectivity index (χ2v) is 8.65. The number of rotatable bonds is 6. The highest BCUT2D eigenvalue weighted by molar-refractivity contribution is 7.90. The van der Waals surface area contributed by atoms with Gasteiger partial charge in [0.05, 0.1) is 9.79 Å². The van der Waals surface area contributed by atoms with Crippen molar-refractivity contribution in [2.45, 2.75) is 23.1 Å². The van der Waals surface area contributed by atoms with E-state index in [0.29, 0.717) is 12.0 Å². The molecule has 2 rings (SSSR count). The minimum Gasteiger partial charge on any atom is -0.337 e. The van der Waals surface area contributed by atoms with Crippen molar-refractivity contribution < 1.29 is 26.2 Å². The van der Waals surface area contributed by atoms with Gasteiger partial charge in [-0.3, -0.25) is 4.55 Å². The quantitative estimate of drug-likeness (QED) is 0.632. The van der Waals surface area contributed by atoms with E-state index < -0.39 is 26.2 Å². The third-order valence-electron chi connectivity index (χ3n) is 3.48. The average molecular weight is 398 g/mol. The second-order valence-electron chi connectivity index (χ2n) is 5.54. The zero-order valence-corrected chi connectivity index (χ0v) is 15.5. The Bertz CT molecular complexity index is 982. The van der Waals surface area contributed by atoms with Crippen molar-refractivity contribution in [3.63, 3.8) is 0 Å². The number of nitrogens with one attached hydrogen (secondary N) is 2. The molecule has 0 radical (unpaired) electrons. The number of carbonyl (C=O) groups excluding carboxylic acids is 1. The Hall–Kier alpha value is -2.43. The molecule has 140 valence electrons. The molecule has 0 fully saturated rings. The first-order valence-corrected chi connectivity index (χ1v) is 10.4. The zero-order chi connectivity index (χ0) is 19.4. The molecular weight excluding hydrogens is 380 g/mol. The Morgan fingerprint density at radius 2 is 1.46 bits per heavy atom. The molecule has 3 N–H and O–H groups in total. The highest BCUT2D eigenvalue weighted by Gasteiger charge is 2.17. The number of aryl methyl sites for hydroxylation is 1. The summed E-state index contributed by atoms with van der Waals surface area (Å²) < 4.78 is 56.8. The second kappa shape index (κ2) is 7.85. The molecule has 0 aliphatic heterocycles. The van der Waals surface area contributed by atoms with Gasteiger partial charge in [-0.2, -0.15) is 8.42 Å². The summed E-state index contributed by atoms with van der Waals surface area (Å²) in [6.07, 6.45) is 0.351. The van der Waals surface area contributed by atoms with Crippen LogP contribution < -0.4 is 10.0 Å². The normalized spacial score (nSPS) is 11.8. The number of amides is 2. The first-order chi connectivity index (χ1) is 12.1. The number of sulfonamides is 1. The maximum absolute atomic E-state index is 12.1. The van der Waals surface area contributed by atoms with Crippen LogP contribution in [0.4, 0.5) is 4.79 Å². The van der Waals surface area contributed by atoms with Crippen molar-refractivity contribution in [2.24, 2.45) is 0 Å². The van der Waals surface area contributed by atoms with Gasteiger partial charge in [0.25, 0.3) is 20.1 Å². The van der Waals surface area contributed by atoms with Gasteiger partial charge in [-0.1, -0.05) is 29.8 Å². The first-order valence-electron chi connectivity index (χ1n) is 7.52. The number of hydrogen-bond donors (Lipinski definition) is 3. The van der Waals surface area contributed by atoms with Gasteiger partial charge in [0.15, 0.2) is 0 Å². The Kier molecular flexibility index (Phi) is 6.01. The zero-order valence-electron chi connectivity index (χ0n) is 13.8. The molecule has 0 saturated carbocycles. The van der Waals surface area contributed by atoms with Gasteiger partial charge < -0.3 is 5.32 Å². The maximum Gasteiger partial charge on any atom is 0.328 e. The smallest absolute Gasteiger partial charge is 0.328 e. The molecule has 0 aliphatic carbocycles. The molecule has 2 amide bonds. The molecule has 0 aromatic heterocycles. The fraction of sp³-hybridized carbons (Fsp3) is 0.188. The third-order valence-corrected chi connectivity index (χ3v) is 5.69. The largest absolute Gasteiger partial charge is 0.337 e. The van der Waals surface area contributed by atoms with E-state index in [1.807, 2.05) is 11.6 Å². The molecule has 0 bridgehead atoms. The predicted octanol–water partition coefficient (Wildman–Crippen LogP) is 1.47. The number of benzene rings is 2. The maximum atomic E-state index is 12.1. The van der Waals surface area contributed by atoms with Gasteiger partial charge in [-0.25, -0.2) is 17.9 Å². The van der Waals surface area contributed by atoms with E-state index in [9.17, 15) is 21.6 Å². The SMILES string of the molecule is Cc1ccc(S(=O)(=O)NC(=O)NCCc2ccc(S(=O)(=O)O)cc2)cc1. The summed E-state index contributed by atoms with van der Waals surface area (Å²) in [6, 6.07) is 10.7. The highest BCUT2D eigenvalue weighted by Crippen LogP contribution is 2.11. The molecule has 26 heavy (non-hydrogen) atoms. The van der Waals surface area contributed by atoms with Gasteiger partial charge in [0.1, 0.15) is 0 Å². The number of carbonyl (C=O) groups is 1. The van der Waals surface area contributed by atoms with Gasteiger partial charge in [0, 0.05) is 6.54 Å². The lowest BCUT2D eigenvalue weighted by atomic mass is 10.1. The Morgan fingerprint density at radius 3 is 2.00 bits per heavy atom. The molecule has 0 heterocycles. The van der Waals surface area contributed by atoms with E-state index >= 15 is 0 Å². The van der Waals surface area contributed by atoms with Crippen LogP contribution in [0.2, 0.25) is 0 Å². The predicted molar refractivity (Wildman–Crippen MR) is 94.9 cm³/mol. The van der Waals surface area contributed by atoms with E-state index in [1.54, 1.807) is 12.1 Å². The standard InChI is InChI=1S/C16H18N2O6S2/c1-12-2-6-14(7-3-12)25(20,21)18-16(19)17-11-10-13-4-8-15(9-5-13)26(22,23)24/h2-9H,10-11H2,1H3,(H2,17,18,19)(H,22,23,24). The molecule has 0 aliphatic rings. The minimum absolute atomic E-state index is 0.0148. The minimum atomic E-state index is -4.25. The van der Waals surface area contributed by atoms with Crippen LogP contribution in [0, 0.1) is 6.92 Å². The lowest BCUT2D eigenvalue weighted by molar-refractivity contribution is 0.246. The van der Waals surface area contributed by atoms with Crippen LogP contribution >= 0.6 is 0 Å². The highest BCUT2D eigenvalue weighted by atomic mass is 32.2. The van der Waals surface area contributed by atoms with Crippen molar-refractivity contribution in [1.29, 1.82) is 0 Å². The Balaban J connectivity index is 1.88. The average Bonchev–Trinajstić information content (AvgIpc) is 2.54. The van der Waals surface area contributed by atoms with Crippen molar-refractivity contribution in [3.8, 4) is 0 Å². The van der Waals surface area contributed by atoms with Crippen LogP contribution in [-0.2, 0) is 26.6 Å². The van der Waals surface area contributed by atoms with E-state index in [-0.39, 0.29) is 16.3 Å². The van der Waals surface area contributed by atoms with Crippen molar-refractivity contribution in [3.05, 3.63) is 59.7 Å². The number of urea groups is 1. The molecule has 8 nitrogen and oxygen atoms in total. The summed E-state index contributed by atoms with van der Waals surface area (Å²) in [7, 11) is -8.20. The van der Waals surface area contributed by atoms with Crippen molar-refractivity contribution in [2.75, 3.05) is 6.54 Å². The van der Waals surface area contributed by atoms with Crippen molar-refractivity contribution >= 4 is 26.2 Å². The summed E-state index contributed by atoms with van der Waals surface area (Å²) in [6.45, 7) is 1.96. The Morgan fingerprint density at radius 1 is 0.923 bits per heavy atom. The third kappa shape index (κ3) is 5.55. The first kappa shape index (κ1) is 19.9. The fourth-order valence-corrected chi connectivity index (χ4v) is 3.49. The molecule has 2 aromatic rings. The van der Waals surface area contributed by atoms with Crippen LogP contribution in [0.3, 0.4) is 0 Å². The van der Waals surface area contributed by atoms with E-state index in [4.69, 9.17) is 4.55 Å². The lowest BCUT2D eigenvalue weighted by Gasteiger charge is -2.09. The number of hydrogen-bond acceptors (Lipinski definition) is 5. The van der Waals surface area contributed by atoms with Gasteiger partial charge in [0.2, 0.25) is 0 Å². The van der Waals surface area contributed by atoms with Crippen LogP contribution in [-0.4, -0.2) is 34.0 Å². The summed E-state index contributed by atoms with van der Waals surface area (Å²) in [5.41, 5.74) is 1.60. The fourth-order valence-electron chi connectivity index (χ4n) is 2.08.